The van der Waals surface area contributed by atoms with E-state index in [2.05, 4.69) is 4.90 Å². The van der Waals surface area contributed by atoms with Gasteiger partial charge >= 0.3 is 6.09 Å². The van der Waals surface area contributed by atoms with Crippen LogP contribution in [0.1, 0.15) is 27.2 Å². The fourth-order valence-corrected chi connectivity index (χ4v) is 3.47. The molecule has 6 nitrogen and oxygen atoms in total. The molecule has 0 spiro atoms. The van der Waals surface area contributed by atoms with Crippen molar-refractivity contribution in [3.63, 3.8) is 0 Å². The fourth-order valence-electron chi connectivity index (χ4n) is 3.47. The third-order valence-corrected chi connectivity index (χ3v) is 4.89. The van der Waals surface area contributed by atoms with E-state index < -0.39 is 5.60 Å². The zero-order valence-corrected chi connectivity index (χ0v) is 16.7. The summed E-state index contributed by atoms with van der Waals surface area (Å²) in [6.07, 6.45) is 0.744. The minimum absolute atomic E-state index is 0.0804. The summed E-state index contributed by atoms with van der Waals surface area (Å²) in [5, 5.41) is 0. The zero-order chi connectivity index (χ0) is 19.6. The van der Waals surface area contributed by atoms with Crippen molar-refractivity contribution >= 4 is 11.8 Å². The number of halogens is 1. The molecule has 2 heterocycles. The van der Waals surface area contributed by atoms with E-state index in [9.17, 15) is 9.18 Å². The molecule has 1 aromatic carbocycles. The minimum Gasteiger partial charge on any atom is -0.486 e. The number of hydrogen-bond donors (Lipinski definition) is 0. The third-order valence-electron chi connectivity index (χ3n) is 4.89. The van der Waals surface area contributed by atoms with Crippen molar-refractivity contribution in [2.24, 2.45) is 0 Å². The van der Waals surface area contributed by atoms with Crippen LogP contribution in [0.5, 0.6) is 5.75 Å². The number of piperazine rings is 1. The number of likely N-dealkylation sites (N-methyl/N-ethyl adjacent to an activating group) is 1. The lowest BCUT2D eigenvalue weighted by molar-refractivity contribution is 0.0135. The largest absolute Gasteiger partial charge is 0.486 e. The lowest BCUT2D eigenvalue weighted by Crippen LogP contribution is -2.50. The molecule has 0 N–H and O–H groups in total. The van der Waals surface area contributed by atoms with Gasteiger partial charge in [0, 0.05) is 45.8 Å². The van der Waals surface area contributed by atoms with Gasteiger partial charge in [0.1, 0.15) is 23.3 Å². The van der Waals surface area contributed by atoms with Gasteiger partial charge in [-0.1, -0.05) is 0 Å². The van der Waals surface area contributed by atoms with Crippen molar-refractivity contribution in [1.29, 1.82) is 0 Å². The predicted molar refractivity (Wildman–Crippen MR) is 103 cm³/mol. The number of amides is 1. The Morgan fingerprint density at radius 3 is 2.63 bits per heavy atom. The Morgan fingerprint density at radius 2 is 1.96 bits per heavy atom. The lowest BCUT2D eigenvalue weighted by Gasteiger charge is -2.37. The van der Waals surface area contributed by atoms with Gasteiger partial charge in [-0.2, -0.15) is 0 Å². The van der Waals surface area contributed by atoms with Crippen LogP contribution in [0.2, 0.25) is 0 Å². The van der Waals surface area contributed by atoms with Crippen molar-refractivity contribution in [2.75, 3.05) is 51.2 Å². The highest BCUT2D eigenvalue weighted by atomic mass is 19.1. The molecule has 1 fully saturated rings. The number of hydrogen-bond acceptors (Lipinski definition) is 5. The van der Waals surface area contributed by atoms with Crippen molar-refractivity contribution < 1.29 is 18.7 Å². The maximum atomic E-state index is 13.4. The molecule has 1 aromatic rings. The predicted octanol–water partition coefficient (Wildman–Crippen LogP) is 2.97. The summed E-state index contributed by atoms with van der Waals surface area (Å²) >= 11 is 0. The second kappa shape index (κ2) is 7.92. The topological polar surface area (TPSA) is 45.2 Å². The van der Waals surface area contributed by atoms with Crippen LogP contribution in [0, 0.1) is 5.82 Å². The van der Waals surface area contributed by atoms with Crippen LogP contribution in [0.15, 0.2) is 18.2 Å². The second-order valence-electron chi connectivity index (χ2n) is 8.33. The number of carbonyl (C=O) groups is 1. The Hall–Kier alpha value is -2.02. The van der Waals surface area contributed by atoms with Crippen molar-refractivity contribution in [3.05, 3.63) is 24.0 Å². The molecule has 2 aliphatic rings. The van der Waals surface area contributed by atoms with Gasteiger partial charge < -0.3 is 19.3 Å². The molecule has 3 rings (SSSR count). The van der Waals surface area contributed by atoms with Gasteiger partial charge in [-0.25, -0.2) is 9.18 Å². The van der Waals surface area contributed by atoms with Gasteiger partial charge in [-0.15, -0.1) is 0 Å². The van der Waals surface area contributed by atoms with E-state index in [0.29, 0.717) is 13.1 Å². The van der Waals surface area contributed by atoms with E-state index in [1.807, 2.05) is 32.7 Å². The highest BCUT2D eigenvalue weighted by Crippen LogP contribution is 2.33. The number of anilines is 1. The van der Waals surface area contributed by atoms with Crippen molar-refractivity contribution in [2.45, 2.75) is 38.9 Å². The molecule has 0 saturated carbocycles. The molecule has 0 aromatic heterocycles. The monoisotopic (exact) mass is 379 g/mol. The molecule has 150 valence electrons. The first kappa shape index (κ1) is 19.7. The number of carbonyl (C=O) groups excluding carboxylic acids is 1. The maximum absolute atomic E-state index is 13.4. The molecular weight excluding hydrogens is 349 g/mol. The van der Waals surface area contributed by atoms with Gasteiger partial charge in [0.2, 0.25) is 0 Å². The van der Waals surface area contributed by atoms with Gasteiger partial charge in [0.15, 0.2) is 0 Å². The summed E-state index contributed by atoms with van der Waals surface area (Å²) in [5.41, 5.74) is 0.342. The Kier molecular flexibility index (Phi) is 5.79. The van der Waals surface area contributed by atoms with Crippen LogP contribution in [0.3, 0.4) is 0 Å². The standard InChI is InChI=1S/C20H30FN3O3/c1-20(2,3)27-19(25)24-11-9-23(10-12-24)8-7-16-14-22(4)17-13-15(21)5-6-18(17)26-16/h5-6,13,16H,7-12,14H2,1-4H3/t16-/m1/s1. The molecule has 0 unspecified atom stereocenters. The average Bonchev–Trinajstić information content (AvgIpc) is 2.59. The normalized spacial score (nSPS) is 20.9. The van der Waals surface area contributed by atoms with Crippen LogP contribution in [-0.4, -0.2) is 73.9 Å². The average molecular weight is 379 g/mol. The highest BCUT2D eigenvalue weighted by Gasteiger charge is 2.28. The fraction of sp³-hybridized carbons (Fsp3) is 0.650. The quantitative estimate of drug-likeness (QED) is 0.808. The number of rotatable bonds is 3. The summed E-state index contributed by atoms with van der Waals surface area (Å²) in [6, 6.07) is 4.65. The minimum atomic E-state index is -0.461. The SMILES string of the molecule is CN1C[C@@H](CCN2CCN(C(=O)OC(C)(C)C)CC2)Oc2ccc(F)cc21. The lowest BCUT2D eigenvalue weighted by atomic mass is 10.1. The molecule has 7 heteroatoms. The summed E-state index contributed by atoms with van der Waals surface area (Å²) in [4.78, 5) is 18.3. The first-order valence-corrected chi connectivity index (χ1v) is 9.59. The smallest absolute Gasteiger partial charge is 0.410 e. The molecule has 2 aliphatic heterocycles. The van der Waals surface area contributed by atoms with Crippen molar-refractivity contribution in [1.82, 2.24) is 9.80 Å². The number of ether oxygens (including phenoxy) is 2. The summed E-state index contributed by atoms with van der Waals surface area (Å²) in [5.74, 6) is 0.496. The molecule has 0 aliphatic carbocycles. The van der Waals surface area contributed by atoms with Crippen LogP contribution in [0.4, 0.5) is 14.9 Å². The Bertz CT molecular complexity index is 669. The molecule has 0 bridgehead atoms. The number of nitrogens with zero attached hydrogens (tertiary/aromatic N) is 3. The Labute approximate surface area is 160 Å². The van der Waals surface area contributed by atoms with Gasteiger partial charge in [0.05, 0.1) is 12.2 Å². The van der Waals surface area contributed by atoms with Gasteiger partial charge in [-0.3, -0.25) is 4.90 Å². The van der Waals surface area contributed by atoms with Gasteiger partial charge in [-0.05, 0) is 39.3 Å². The summed E-state index contributed by atoms with van der Waals surface area (Å²) in [6.45, 7) is 10.3. The molecule has 0 radical (unpaired) electrons. The van der Waals surface area contributed by atoms with E-state index in [-0.39, 0.29) is 18.0 Å². The maximum Gasteiger partial charge on any atom is 0.410 e. The van der Waals surface area contributed by atoms with E-state index in [1.54, 1.807) is 11.0 Å². The molecule has 1 saturated heterocycles. The van der Waals surface area contributed by atoms with Crippen LogP contribution in [-0.2, 0) is 4.74 Å². The van der Waals surface area contributed by atoms with Crippen LogP contribution in [0.25, 0.3) is 0 Å². The number of fused-ring (bicyclic) bond motifs is 1. The first-order valence-electron chi connectivity index (χ1n) is 9.59. The summed E-state index contributed by atoms with van der Waals surface area (Å²) < 4.78 is 24.9. The molecule has 27 heavy (non-hydrogen) atoms. The highest BCUT2D eigenvalue weighted by molar-refractivity contribution is 5.68. The second-order valence-corrected chi connectivity index (χ2v) is 8.33. The molecular formula is C20H30FN3O3. The molecule has 1 atom stereocenters. The summed E-state index contributed by atoms with van der Waals surface area (Å²) in [7, 11) is 1.97. The van der Waals surface area contributed by atoms with E-state index in [4.69, 9.17) is 9.47 Å². The zero-order valence-electron chi connectivity index (χ0n) is 16.7. The third kappa shape index (κ3) is 5.25. The van der Waals surface area contributed by atoms with Gasteiger partial charge in [0.25, 0.3) is 0 Å². The first-order chi connectivity index (χ1) is 12.7. The Morgan fingerprint density at radius 1 is 1.26 bits per heavy atom. The van der Waals surface area contributed by atoms with E-state index >= 15 is 0 Å². The molecule has 1 amide bonds. The van der Waals surface area contributed by atoms with Crippen LogP contribution >= 0.6 is 0 Å². The Balaban J connectivity index is 1.44. The van der Waals surface area contributed by atoms with Crippen LogP contribution < -0.4 is 9.64 Å². The van der Waals surface area contributed by atoms with Crippen molar-refractivity contribution in [3.8, 4) is 5.75 Å². The van der Waals surface area contributed by atoms with E-state index in [0.717, 1.165) is 44.0 Å². The number of benzene rings is 1. The van der Waals surface area contributed by atoms with E-state index in [1.165, 1.54) is 12.1 Å².